The smallest absolute Gasteiger partial charge is 0.332 e. The maximum absolute atomic E-state index is 11.6. The molecular formula is C13H23NO4. The van der Waals surface area contributed by atoms with E-state index in [2.05, 4.69) is 5.32 Å². The second kappa shape index (κ2) is 7.36. The molecule has 0 heterocycles. The Labute approximate surface area is 108 Å². The number of carbonyl (C=O) groups excluding carboxylic acids is 2. The molecule has 5 nitrogen and oxygen atoms in total. The van der Waals surface area contributed by atoms with Crippen LogP contribution in [-0.4, -0.2) is 37.2 Å². The van der Waals surface area contributed by atoms with Crippen LogP contribution in [-0.2, 0) is 19.1 Å². The van der Waals surface area contributed by atoms with Crippen LogP contribution in [0.1, 0.15) is 46.0 Å². The molecular weight excluding hydrogens is 234 g/mol. The molecule has 0 aromatic rings. The summed E-state index contributed by atoms with van der Waals surface area (Å²) in [6, 6.07) is 0. The van der Waals surface area contributed by atoms with E-state index in [4.69, 9.17) is 9.47 Å². The summed E-state index contributed by atoms with van der Waals surface area (Å²) in [4.78, 5) is 22.2. The highest BCUT2D eigenvalue weighted by atomic mass is 16.6. The number of rotatable bonds is 6. The highest BCUT2D eigenvalue weighted by Gasteiger charge is 2.30. The number of esters is 1. The van der Waals surface area contributed by atoms with E-state index in [0.717, 1.165) is 25.7 Å². The summed E-state index contributed by atoms with van der Waals surface area (Å²) in [6.45, 7) is 4.12. The second-order valence-electron chi connectivity index (χ2n) is 5.02. The van der Waals surface area contributed by atoms with E-state index in [-0.39, 0.29) is 24.1 Å². The van der Waals surface area contributed by atoms with Crippen LogP contribution < -0.4 is 5.32 Å². The van der Waals surface area contributed by atoms with Gasteiger partial charge in [0.2, 0.25) is 5.91 Å². The molecule has 0 aromatic carbocycles. The largest absolute Gasteiger partial charge is 0.458 e. The van der Waals surface area contributed by atoms with Crippen LogP contribution in [0.5, 0.6) is 0 Å². The van der Waals surface area contributed by atoms with Gasteiger partial charge in [-0.25, -0.2) is 4.79 Å². The Morgan fingerprint density at radius 1 is 1.22 bits per heavy atom. The predicted octanol–water partition coefficient (Wildman–Crippen LogP) is 1.41. The molecule has 0 radical (unpaired) electrons. The Kier molecular flexibility index (Phi) is 6.12. The lowest BCUT2D eigenvalue weighted by atomic mass is 9.86. The van der Waals surface area contributed by atoms with Gasteiger partial charge in [-0.2, -0.15) is 0 Å². The van der Waals surface area contributed by atoms with Crippen LogP contribution in [0.4, 0.5) is 0 Å². The highest BCUT2D eigenvalue weighted by Crippen LogP contribution is 2.30. The summed E-state index contributed by atoms with van der Waals surface area (Å²) >= 11 is 0. The Bertz CT molecular complexity index is 285. The zero-order valence-corrected chi connectivity index (χ0v) is 11.3. The molecule has 5 heteroatoms. The lowest BCUT2D eigenvalue weighted by molar-refractivity contribution is -0.166. The number of amides is 1. The third kappa shape index (κ3) is 6.00. The molecule has 0 bridgehead atoms. The van der Waals surface area contributed by atoms with E-state index in [1.807, 2.05) is 6.92 Å². The molecule has 1 rings (SSSR count). The maximum atomic E-state index is 11.6. The zero-order chi connectivity index (χ0) is 13.4. The maximum Gasteiger partial charge on any atom is 0.332 e. The number of ether oxygens (including phenoxy) is 2. The number of hydrogen-bond donors (Lipinski definition) is 1. The molecule has 1 saturated carbocycles. The predicted molar refractivity (Wildman–Crippen MR) is 67.1 cm³/mol. The summed E-state index contributed by atoms with van der Waals surface area (Å²) in [6.07, 6.45) is 5.33. The molecule has 0 unspecified atom stereocenters. The van der Waals surface area contributed by atoms with Crippen molar-refractivity contribution in [3.8, 4) is 0 Å². The molecule has 1 N–H and O–H groups in total. The Morgan fingerprint density at radius 3 is 2.50 bits per heavy atom. The first kappa shape index (κ1) is 15.0. The molecule has 0 atom stereocenters. The first-order chi connectivity index (χ1) is 8.52. The van der Waals surface area contributed by atoms with Gasteiger partial charge in [-0.1, -0.05) is 6.42 Å². The molecule has 0 aliphatic heterocycles. The SMILES string of the molecule is CC(=O)NCCOCC(=O)OC1(C)CCCCC1. The molecule has 104 valence electrons. The minimum absolute atomic E-state index is 0.0465. The van der Waals surface area contributed by atoms with E-state index >= 15 is 0 Å². The fraction of sp³-hybridized carbons (Fsp3) is 0.846. The normalized spacial score (nSPS) is 18.1. The van der Waals surface area contributed by atoms with Crippen LogP contribution in [0, 0.1) is 0 Å². The van der Waals surface area contributed by atoms with Crippen molar-refractivity contribution in [1.82, 2.24) is 5.32 Å². The summed E-state index contributed by atoms with van der Waals surface area (Å²) < 4.78 is 10.6. The van der Waals surface area contributed by atoms with Gasteiger partial charge in [0.15, 0.2) is 0 Å². The van der Waals surface area contributed by atoms with Crippen LogP contribution in [0.3, 0.4) is 0 Å². The Morgan fingerprint density at radius 2 is 1.89 bits per heavy atom. The molecule has 18 heavy (non-hydrogen) atoms. The van der Waals surface area contributed by atoms with Gasteiger partial charge >= 0.3 is 5.97 Å². The Hall–Kier alpha value is -1.10. The number of hydrogen-bond acceptors (Lipinski definition) is 4. The zero-order valence-electron chi connectivity index (χ0n) is 11.3. The Balaban J connectivity index is 2.11. The van der Waals surface area contributed by atoms with Gasteiger partial charge < -0.3 is 14.8 Å². The molecule has 1 fully saturated rings. The highest BCUT2D eigenvalue weighted by molar-refractivity contribution is 5.72. The quantitative estimate of drug-likeness (QED) is 0.577. The van der Waals surface area contributed by atoms with Crippen molar-refractivity contribution in [1.29, 1.82) is 0 Å². The van der Waals surface area contributed by atoms with Crippen molar-refractivity contribution in [2.75, 3.05) is 19.8 Å². The van der Waals surface area contributed by atoms with E-state index < -0.39 is 0 Å². The van der Waals surface area contributed by atoms with Gasteiger partial charge in [0, 0.05) is 13.5 Å². The van der Waals surface area contributed by atoms with Crippen LogP contribution >= 0.6 is 0 Å². The van der Waals surface area contributed by atoms with Gasteiger partial charge in [0.1, 0.15) is 12.2 Å². The number of carbonyl (C=O) groups is 2. The van der Waals surface area contributed by atoms with Gasteiger partial charge in [-0.15, -0.1) is 0 Å². The summed E-state index contributed by atoms with van der Waals surface area (Å²) in [7, 11) is 0. The average Bonchev–Trinajstić information content (AvgIpc) is 2.28. The third-order valence-electron chi connectivity index (χ3n) is 3.11. The fourth-order valence-electron chi connectivity index (χ4n) is 2.16. The van der Waals surface area contributed by atoms with E-state index in [9.17, 15) is 9.59 Å². The van der Waals surface area contributed by atoms with Gasteiger partial charge in [0.05, 0.1) is 6.61 Å². The first-order valence-corrected chi connectivity index (χ1v) is 6.56. The van der Waals surface area contributed by atoms with Crippen molar-refractivity contribution in [3.63, 3.8) is 0 Å². The lowest BCUT2D eigenvalue weighted by Gasteiger charge is -2.33. The van der Waals surface area contributed by atoms with Crippen molar-refractivity contribution in [2.45, 2.75) is 51.6 Å². The topological polar surface area (TPSA) is 64.6 Å². The molecule has 0 aromatic heterocycles. The van der Waals surface area contributed by atoms with Crippen molar-refractivity contribution in [3.05, 3.63) is 0 Å². The van der Waals surface area contributed by atoms with Gasteiger partial charge in [-0.3, -0.25) is 4.79 Å². The summed E-state index contributed by atoms with van der Waals surface area (Å²) in [5, 5.41) is 2.59. The molecule has 0 spiro atoms. The van der Waals surface area contributed by atoms with Gasteiger partial charge in [0.25, 0.3) is 0 Å². The fourth-order valence-corrected chi connectivity index (χ4v) is 2.16. The standard InChI is InChI=1S/C13H23NO4/c1-11(15)14-8-9-17-10-12(16)18-13(2)6-4-3-5-7-13/h3-10H2,1-2H3,(H,14,15). The minimum Gasteiger partial charge on any atom is -0.458 e. The van der Waals surface area contributed by atoms with Crippen LogP contribution in [0.2, 0.25) is 0 Å². The van der Waals surface area contributed by atoms with Crippen LogP contribution in [0.15, 0.2) is 0 Å². The molecule has 1 amide bonds. The molecule has 1 aliphatic carbocycles. The number of nitrogens with one attached hydrogen (secondary N) is 1. The van der Waals surface area contributed by atoms with Crippen molar-refractivity contribution >= 4 is 11.9 Å². The van der Waals surface area contributed by atoms with E-state index in [1.165, 1.54) is 13.3 Å². The lowest BCUT2D eigenvalue weighted by Crippen LogP contribution is -2.35. The molecule has 1 aliphatic rings. The summed E-state index contributed by atoms with van der Waals surface area (Å²) in [5.41, 5.74) is -0.309. The second-order valence-corrected chi connectivity index (χ2v) is 5.02. The first-order valence-electron chi connectivity index (χ1n) is 6.56. The third-order valence-corrected chi connectivity index (χ3v) is 3.11. The van der Waals surface area contributed by atoms with E-state index in [0.29, 0.717) is 13.2 Å². The monoisotopic (exact) mass is 257 g/mol. The van der Waals surface area contributed by atoms with Crippen molar-refractivity contribution < 1.29 is 19.1 Å². The molecule has 0 saturated heterocycles. The van der Waals surface area contributed by atoms with Crippen LogP contribution in [0.25, 0.3) is 0 Å². The minimum atomic E-state index is -0.317. The van der Waals surface area contributed by atoms with Crippen molar-refractivity contribution in [2.24, 2.45) is 0 Å². The summed E-state index contributed by atoms with van der Waals surface area (Å²) in [5.74, 6) is -0.418. The van der Waals surface area contributed by atoms with Gasteiger partial charge in [-0.05, 0) is 32.6 Å². The average molecular weight is 257 g/mol. The van der Waals surface area contributed by atoms with E-state index in [1.54, 1.807) is 0 Å².